The lowest BCUT2D eigenvalue weighted by Gasteiger charge is -1.96. The molecule has 12 heavy (non-hydrogen) atoms. The standard InChI is InChI=1S/C8H6ClIN2/c1-4-6(9)2-5-7(10)3-11-8(5)12-4/h2-3H,1H3,(H,11,12). The van der Waals surface area contributed by atoms with Crippen LogP contribution in [0.15, 0.2) is 12.3 Å². The molecule has 0 radical (unpaired) electrons. The van der Waals surface area contributed by atoms with Crippen LogP contribution in [0.5, 0.6) is 0 Å². The van der Waals surface area contributed by atoms with Crippen LogP contribution < -0.4 is 0 Å². The van der Waals surface area contributed by atoms with Gasteiger partial charge in [-0.15, -0.1) is 0 Å². The van der Waals surface area contributed by atoms with Gasteiger partial charge in [0.15, 0.2) is 0 Å². The molecule has 0 aliphatic carbocycles. The number of pyridine rings is 1. The molecule has 2 nitrogen and oxygen atoms in total. The average molecular weight is 293 g/mol. The van der Waals surface area contributed by atoms with Gasteiger partial charge < -0.3 is 4.98 Å². The van der Waals surface area contributed by atoms with Crippen molar-refractivity contribution in [3.8, 4) is 0 Å². The highest BCUT2D eigenvalue weighted by Crippen LogP contribution is 2.23. The Morgan fingerprint density at radius 1 is 1.58 bits per heavy atom. The predicted octanol–water partition coefficient (Wildman–Crippen LogP) is 3.13. The van der Waals surface area contributed by atoms with Gasteiger partial charge in [-0.3, -0.25) is 0 Å². The molecule has 2 aromatic heterocycles. The van der Waals surface area contributed by atoms with Gasteiger partial charge in [0.1, 0.15) is 5.65 Å². The molecule has 0 saturated heterocycles. The van der Waals surface area contributed by atoms with Gasteiger partial charge in [0.2, 0.25) is 0 Å². The molecule has 0 aromatic carbocycles. The van der Waals surface area contributed by atoms with Crippen LogP contribution in [-0.4, -0.2) is 9.97 Å². The minimum Gasteiger partial charge on any atom is -0.345 e. The molecule has 2 heterocycles. The van der Waals surface area contributed by atoms with E-state index in [-0.39, 0.29) is 0 Å². The van der Waals surface area contributed by atoms with Gasteiger partial charge in [0, 0.05) is 15.2 Å². The number of rotatable bonds is 0. The first-order valence-corrected chi connectivity index (χ1v) is 4.94. The van der Waals surface area contributed by atoms with Crippen molar-refractivity contribution in [2.45, 2.75) is 6.92 Å². The number of aryl methyl sites for hydroxylation is 1. The lowest BCUT2D eigenvalue weighted by molar-refractivity contribution is 1.22. The molecule has 0 saturated carbocycles. The molecule has 0 fully saturated rings. The Morgan fingerprint density at radius 2 is 2.33 bits per heavy atom. The highest BCUT2D eigenvalue weighted by Gasteiger charge is 2.04. The zero-order valence-electron chi connectivity index (χ0n) is 6.36. The number of aromatic amines is 1. The molecule has 0 amide bonds. The van der Waals surface area contributed by atoms with Crippen molar-refractivity contribution in [1.82, 2.24) is 9.97 Å². The summed E-state index contributed by atoms with van der Waals surface area (Å²) in [6.45, 7) is 1.90. The SMILES string of the molecule is Cc1nc2[nH]cc(I)c2cc1Cl. The van der Waals surface area contributed by atoms with Gasteiger partial charge in [-0.25, -0.2) is 4.98 Å². The molecule has 0 unspecified atom stereocenters. The third-order valence-corrected chi connectivity index (χ3v) is 3.02. The second-order valence-electron chi connectivity index (χ2n) is 2.59. The van der Waals surface area contributed by atoms with Gasteiger partial charge in [-0.1, -0.05) is 11.6 Å². The topological polar surface area (TPSA) is 28.7 Å². The van der Waals surface area contributed by atoms with Crippen LogP contribution in [0.2, 0.25) is 5.02 Å². The number of hydrogen-bond donors (Lipinski definition) is 1. The summed E-state index contributed by atoms with van der Waals surface area (Å²) in [5.74, 6) is 0. The van der Waals surface area contributed by atoms with Crippen LogP contribution in [0.1, 0.15) is 5.69 Å². The van der Waals surface area contributed by atoms with E-state index < -0.39 is 0 Å². The summed E-state index contributed by atoms with van der Waals surface area (Å²) in [4.78, 5) is 7.38. The summed E-state index contributed by atoms with van der Waals surface area (Å²) < 4.78 is 1.15. The van der Waals surface area contributed by atoms with Crippen LogP contribution in [0.4, 0.5) is 0 Å². The summed E-state index contributed by atoms with van der Waals surface area (Å²) in [5.41, 5.74) is 1.77. The summed E-state index contributed by atoms with van der Waals surface area (Å²) in [7, 11) is 0. The van der Waals surface area contributed by atoms with E-state index in [1.54, 1.807) is 0 Å². The van der Waals surface area contributed by atoms with Crippen molar-refractivity contribution in [3.05, 3.63) is 26.5 Å². The molecule has 4 heteroatoms. The Hall–Kier alpha value is -0.290. The monoisotopic (exact) mass is 292 g/mol. The van der Waals surface area contributed by atoms with E-state index in [4.69, 9.17) is 11.6 Å². The summed E-state index contributed by atoms with van der Waals surface area (Å²) in [6.07, 6.45) is 1.92. The fourth-order valence-corrected chi connectivity index (χ4v) is 1.80. The van der Waals surface area contributed by atoms with Crippen LogP contribution >= 0.6 is 34.2 Å². The maximum Gasteiger partial charge on any atom is 0.138 e. The Labute approximate surface area is 88.5 Å². The lowest BCUT2D eigenvalue weighted by Crippen LogP contribution is -1.83. The predicted molar refractivity (Wildman–Crippen MR) is 58.6 cm³/mol. The van der Waals surface area contributed by atoms with Gasteiger partial charge in [-0.05, 0) is 35.6 Å². The highest BCUT2D eigenvalue weighted by molar-refractivity contribution is 14.1. The van der Waals surface area contributed by atoms with Crippen LogP contribution in [-0.2, 0) is 0 Å². The molecule has 1 N–H and O–H groups in total. The first-order chi connectivity index (χ1) is 5.68. The molecule has 0 aliphatic heterocycles. The van der Waals surface area contributed by atoms with E-state index in [1.165, 1.54) is 0 Å². The van der Waals surface area contributed by atoms with Crippen molar-refractivity contribution in [2.24, 2.45) is 0 Å². The van der Waals surface area contributed by atoms with Gasteiger partial charge in [0.25, 0.3) is 0 Å². The summed E-state index contributed by atoms with van der Waals surface area (Å²) in [6, 6.07) is 1.94. The quantitative estimate of drug-likeness (QED) is 0.743. The lowest BCUT2D eigenvalue weighted by atomic mass is 10.3. The van der Waals surface area contributed by atoms with Crippen molar-refractivity contribution >= 4 is 45.2 Å². The Bertz CT molecular complexity index is 436. The van der Waals surface area contributed by atoms with Crippen LogP contribution in [0.25, 0.3) is 11.0 Å². The van der Waals surface area contributed by atoms with Gasteiger partial charge in [-0.2, -0.15) is 0 Å². The van der Waals surface area contributed by atoms with Crippen molar-refractivity contribution in [3.63, 3.8) is 0 Å². The zero-order valence-corrected chi connectivity index (χ0v) is 9.27. The Kier molecular flexibility index (Phi) is 2.00. The second-order valence-corrected chi connectivity index (χ2v) is 4.16. The van der Waals surface area contributed by atoms with Gasteiger partial charge >= 0.3 is 0 Å². The summed E-state index contributed by atoms with van der Waals surface area (Å²) in [5, 5.41) is 1.81. The number of fused-ring (bicyclic) bond motifs is 1. The maximum atomic E-state index is 5.94. The first-order valence-electron chi connectivity index (χ1n) is 3.48. The second kappa shape index (κ2) is 2.88. The van der Waals surface area contributed by atoms with Crippen molar-refractivity contribution < 1.29 is 0 Å². The van der Waals surface area contributed by atoms with E-state index in [0.29, 0.717) is 0 Å². The molecule has 0 bridgehead atoms. The molecule has 0 spiro atoms. The van der Waals surface area contributed by atoms with E-state index in [2.05, 4.69) is 32.6 Å². The van der Waals surface area contributed by atoms with Crippen LogP contribution in [0, 0.1) is 10.5 Å². The number of nitrogens with one attached hydrogen (secondary N) is 1. The first kappa shape index (κ1) is 8.31. The van der Waals surface area contributed by atoms with E-state index in [0.717, 1.165) is 25.3 Å². The highest BCUT2D eigenvalue weighted by atomic mass is 127. The molecule has 2 aromatic rings. The Morgan fingerprint density at radius 3 is 3.08 bits per heavy atom. The third kappa shape index (κ3) is 1.21. The summed E-state index contributed by atoms with van der Waals surface area (Å²) >= 11 is 8.19. The molecule has 0 atom stereocenters. The van der Waals surface area contributed by atoms with E-state index in [1.807, 2.05) is 19.2 Å². The Balaban J connectivity index is 2.87. The third-order valence-electron chi connectivity index (χ3n) is 1.74. The smallest absolute Gasteiger partial charge is 0.138 e. The van der Waals surface area contributed by atoms with E-state index >= 15 is 0 Å². The molecular formula is C8H6ClIN2. The largest absolute Gasteiger partial charge is 0.345 e. The fraction of sp³-hybridized carbons (Fsp3) is 0.125. The molecule has 0 aliphatic rings. The number of H-pyrrole nitrogens is 1. The van der Waals surface area contributed by atoms with Gasteiger partial charge in [0.05, 0.1) is 10.7 Å². The fourth-order valence-electron chi connectivity index (χ4n) is 1.08. The molecule has 2 rings (SSSR count). The van der Waals surface area contributed by atoms with Crippen molar-refractivity contribution in [1.29, 1.82) is 0 Å². The molecular weight excluding hydrogens is 286 g/mol. The van der Waals surface area contributed by atoms with E-state index in [9.17, 15) is 0 Å². The normalized spacial score (nSPS) is 10.9. The minimum absolute atomic E-state index is 0.722. The number of nitrogens with zero attached hydrogens (tertiary/aromatic N) is 1. The molecule has 62 valence electrons. The number of halogens is 2. The van der Waals surface area contributed by atoms with Crippen molar-refractivity contribution in [2.75, 3.05) is 0 Å². The minimum atomic E-state index is 0.722. The maximum absolute atomic E-state index is 5.94. The number of hydrogen-bond acceptors (Lipinski definition) is 1. The van der Waals surface area contributed by atoms with Crippen LogP contribution in [0.3, 0.4) is 0 Å². The zero-order chi connectivity index (χ0) is 8.72. The average Bonchev–Trinajstić information content (AvgIpc) is 2.35. The number of aromatic nitrogens is 2.